The minimum atomic E-state index is -0.166. The van der Waals surface area contributed by atoms with Crippen molar-refractivity contribution >= 4 is 23.5 Å². The molecule has 0 atom stereocenters. The second-order valence-electron chi connectivity index (χ2n) is 6.77. The lowest BCUT2D eigenvalue weighted by molar-refractivity contribution is -0.113. The highest BCUT2D eigenvalue weighted by atomic mass is 32.2. The Morgan fingerprint density at radius 3 is 2.77 bits per heavy atom. The van der Waals surface area contributed by atoms with Gasteiger partial charge in [-0.25, -0.2) is 4.68 Å². The van der Waals surface area contributed by atoms with Crippen LogP contribution in [-0.2, 0) is 11.3 Å². The molecule has 0 fully saturated rings. The van der Waals surface area contributed by atoms with Gasteiger partial charge in [0.1, 0.15) is 11.6 Å². The number of thioether (sulfide) groups is 1. The van der Waals surface area contributed by atoms with Crippen LogP contribution in [0.25, 0.3) is 5.69 Å². The van der Waals surface area contributed by atoms with Gasteiger partial charge in [0.25, 0.3) is 0 Å². The van der Waals surface area contributed by atoms with E-state index in [1.54, 1.807) is 28.7 Å². The predicted octanol–water partition coefficient (Wildman–Crippen LogP) is 2.95. The standard InChI is InChI=1S/C21H21N7O2S/c1-15-4-3-5-17(12-15)28-21(24-25-26-28)31-14-20(29)23-19-10-11-22-27(19)13-16-6-8-18(30-2)9-7-16/h3-12H,13-14H2,1-2H3,(H,23,29). The highest BCUT2D eigenvalue weighted by Crippen LogP contribution is 2.20. The molecule has 0 aliphatic carbocycles. The van der Waals surface area contributed by atoms with Crippen LogP contribution in [0.4, 0.5) is 5.82 Å². The van der Waals surface area contributed by atoms with Crippen molar-refractivity contribution in [3.05, 3.63) is 71.9 Å². The molecule has 158 valence electrons. The van der Waals surface area contributed by atoms with Crippen LogP contribution in [0.2, 0.25) is 0 Å². The molecule has 0 radical (unpaired) electrons. The Labute approximate surface area is 183 Å². The van der Waals surface area contributed by atoms with Crippen LogP contribution in [0.5, 0.6) is 5.75 Å². The van der Waals surface area contributed by atoms with E-state index in [1.165, 1.54) is 11.8 Å². The first kappa shape index (κ1) is 20.6. The van der Waals surface area contributed by atoms with E-state index in [0.29, 0.717) is 17.5 Å². The topological polar surface area (TPSA) is 99.8 Å². The van der Waals surface area contributed by atoms with E-state index < -0.39 is 0 Å². The molecule has 1 amide bonds. The Balaban J connectivity index is 1.37. The van der Waals surface area contributed by atoms with Crippen molar-refractivity contribution in [2.24, 2.45) is 0 Å². The number of ether oxygens (including phenoxy) is 1. The average molecular weight is 436 g/mol. The number of nitrogens with one attached hydrogen (secondary N) is 1. The molecule has 0 aliphatic rings. The first-order chi connectivity index (χ1) is 15.1. The van der Waals surface area contributed by atoms with Crippen molar-refractivity contribution in [1.29, 1.82) is 0 Å². The third-order valence-corrected chi connectivity index (χ3v) is 5.41. The molecule has 0 unspecified atom stereocenters. The van der Waals surface area contributed by atoms with Gasteiger partial charge in [0.2, 0.25) is 11.1 Å². The summed E-state index contributed by atoms with van der Waals surface area (Å²) in [7, 11) is 1.63. The van der Waals surface area contributed by atoms with Gasteiger partial charge in [-0.1, -0.05) is 36.0 Å². The van der Waals surface area contributed by atoms with E-state index in [1.807, 2.05) is 55.5 Å². The van der Waals surface area contributed by atoms with E-state index in [0.717, 1.165) is 22.6 Å². The van der Waals surface area contributed by atoms with Gasteiger partial charge in [0.05, 0.1) is 31.3 Å². The van der Waals surface area contributed by atoms with Crippen molar-refractivity contribution < 1.29 is 9.53 Å². The van der Waals surface area contributed by atoms with Gasteiger partial charge in [-0.2, -0.15) is 9.78 Å². The summed E-state index contributed by atoms with van der Waals surface area (Å²) < 4.78 is 8.54. The van der Waals surface area contributed by atoms with Crippen LogP contribution >= 0.6 is 11.8 Å². The number of hydrogen-bond acceptors (Lipinski definition) is 7. The molecular weight excluding hydrogens is 414 g/mol. The summed E-state index contributed by atoms with van der Waals surface area (Å²) in [6.07, 6.45) is 1.66. The molecule has 2 aromatic heterocycles. The zero-order valence-corrected chi connectivity index (χ0v) is 17.9. The number of amides is 1. The molecule has 0 bridgehead atoms. The van der Waals surface area contributed by atoms with E-state index in [2.05, 4.69) is 25.9 Å². The minimum Gasteiger partial charge on any atom is -0.497 e. The lowest BCUT2D eigenvalue weighted by atomic mass is 10.2. The first-order valence-corrected chi connectivity index (χ1v) is 10.5. The lowest BCUT2D eigenvalue weighted by Crippen LogP contribution is -2.18. The third-order valence-electron chi connectivity index (χ3n) is 4.49. The highest BCUT2D eigenvalue weighted by Gasteiger charge is 2.13. The van der Waals surface area contributed by atoms with Gasteiger partial charge in [-0.15, -0.1) is 5.10 Å². The maximum Gasteiger partial charge on any atom is 0.235 e. The van der Waals surface area contributed by atoms with Crippen LogP contribution < -0.4 is 10.1 Å². The molecule has 4 aromatic rings. The molecular formula is C21H21N7O2S. The van der Waals surface area contributed by atoms with E-state index >= 15 is 0 Å². The summed E-state index contributed by atoms with van der Waals surface area (Å²) in [5.41, 5.74) is 3.00. The largest absolute Gasteiger partial charge is 0.497 e. The molecule has 0 aliphatic heterocycles. The predicted molar refractivity (Wildman–Crippen MR) is 118 cm³/mol. The smallest absolute Gasteiger partial charge is 0.235 e. The molecule has 9 nitrogen and oxygen atoms in total. The summed E-state index contributed by atoms with van der Waals surface area (Å²) in [5.74, 6) is 1.42. The number of rotatable bonds is 8. The second-order valence-corrected chi connectivity index (χ2v) is 7.71. The zero-order valence-electron chi connectivity index (χ0n) is 17.1. The maximum absolute atomic E-state index is 12.5. The SMILES string of the molecule is COc1ccc(Cn2nccc2NC(=O)CSc2nnnn2-c2cccc(C)c2)cc1. The van der Waals surface area contributed by atoms with Gasteiger partial charge < -0.3 is 10.1 Å². The quantitative estimate of drug-likeness (QED) is 0.425. The van der Waals surface area contributed by atoms with Gasteiger partial charge in [0.15, 0.2) is 0 Å². The van der Waals surface area contributed by atoms with Crippen LogP contribution in [0, 0.1) is 6.92 Å². The summed E-state index contributed by atoms with van der Waals surface area (Å²) in [4.78, 5) is 12.5. The van der Waals surface area contributed by atoms with Crippen molar-refractivity contribution in [3.63, 3.8) is 0 Å². The van der Waals surface area contributed by atoms with Crippen molar-refractivity contribution in [3.8, 4) is 11.4 Å². The molecule has 4 rings (SSSR count). The van der Waals surface area contributed by atoms with E-state index in [9.17, 15) is 4.79 Å². The number of nitrogens with zero attached hydrogens (tertiary/aromatic N) is 6. The third kappa shape index (κ3) is 5.10. The Kier molecular flexibility index (Phi) is 6.27. The Morgan fingerprint density at radius 2 is 2.00 bits per heavy atom. The molecule has 1 N–H and O–H groups in total. The molecule has 31 heavy (non-hydrogen) atoms. The number of hydrogen-bond donors (Lipinski definition) is 1. The van der Waals surface area contributed by atoms with Gasteiger partial charge >= 0.3 is 0 Å². The summed E-state index contributed by atoms with van der Waals surface area (Å²) in [6.45, 7) is 2.54. The fourth-order valence-corrected chi connectivity index (χ4v) is 3.66. The Bertz CT molecular complexity index is 1170. The fraction of sp³-hybridized carbons (Fsp3) is 0.190. The minimum absolute atomic E-state index is 0.166. The number of aromatic nitrogens is 6. The van der Waals surface area contributed by atoms with Gasteiger partial charge in [-0.05, 0) is 52.7 Å². The molecule has 2 heterocycles. The number of carbonyl (C=O) groups excluding carboxylic acids is 1. The summed E-state index contributed by atoms with van der Waals surface area (Å²) >= 11 is 1.27. The van der Waals surface area contributed by atoms with Crippen LogP contribution in [0.1, 0.15) is 11.1 Å². The average Bonchev–Trinajstić information content (AvgIpc) is 3.42. The van der Waals surface area contributed by atoms with Crippen molar-refractivity contribution in [1.82, 2.24) is 30.0 Å². The zero-order chi connectivity index (χ0) is 21.6. The van der Waals surface area contributed by atoms with Crippen molar-refractivity contribution in [2.75, 3.05) is 18.2 Å². The fourth-order valence-electron chi connectivity index (χ4n) is 2.97. The number of aryl methyl sites for hydroxylation is 1. The number of methoxy groups -OCH3 is 1. The number of benzene rings is 2. The van der Waals surface area contributed by atoms with Gasteiger partial charge in [0, 0.05) is 6.07 Å². The highest BCUT2D eigenvalue weighted by molar-refractivity contribution is 7.99. The summed E-state index contributed by atoms with van der Waals surface area (Å²) in [5, 5.41) is 19.6. The molecule has 0 saturated heterocycles. The molecule has 0 saturated carbocycles. The first-order valence-electron chi connectivity index (χ1n) is 9.55. The monoisotopic (exact) mass is 435 g/mol. The van der Waals surface area contributed by atoms with Crippen LogP contribution in [-0.4, -0.2) is 48.8 Å². The number of anilines is 1. The van der Waals surface area contributed by atoms with E-state index in [4.69, 9.17) is 4.74 Å². The van der Waals surface area contributed by atoms with Crippen molar-refractivity contribution in [2.45, 2.75) is 18.6 Å². The Morgan fingerprint density at radius 1 is 1.16 bits per heavy atom. The molecule has 0 spiro atoms. The molecule has 2 aromatic carbocycles. The van der Waals surface area contributed by atoms with Crippen LogP contribution in [0.3, 0.4) is 0 Å². The van der Waals surface area contributed by atoms with Gasteiger partial charge in [-0.3, -0.25) is 4.79 Å². The lowest BCUT2D eigenvalue weighted by Gasteiger charge is -2.10. The number of carbonyl (C=O) groups is 1. The summed E-state index contributed by atoms with van der Waals surface area (Å²) in [6, 6.07) is 17.3. The number of tetrazole rings is 1. The second kappa shape index (κ2) is 9.43. The molecule has 10 heteroatoms. The van der Waals surface area contributed by atoms with E-state index in [-0.39, 0.29) is 11.7 Å². The Hall–Kier alpha value is -3.66. The van der Waals surface area contributed by atoms with Crippen LogP contribution in [0.15, 0.2) is 66.0 Å². The maximum atomic E-state index is 12.5. The normalized spacial score (nSPS) is 10.8.